The van der Waals surface area contributed by atoms with Crippen LogP contribution in [0.15, 0.2) is 121 Å². The Hall–Kier alpha value is -4.30. The minimum atomic E-state index is 0.274. The minimum absolute atomic E-state index is 0.274. The predicted molar refractivity (Wildman–Crippen MR) is 146 cm³/mol. The Morgan fingerprint density at radius 2 is 1.06 bits per heavy atom. The molecule has 0 aromatic heterocycles. The normalized spacial score (nSPS) is 13.2. The fourth-order valence-corrected chi connectivity index (χ4v) is 6.30. The standard InChI is InChI=1S/C32H20BN/c1-3-12-23-21(10-1)20-22-11-2-4-13-24(22)32(23)34-29-18-8-7-17-28(29)33-27-16-6-5-14-25(27)26-15-9-19-30(34)31(26)33/h1-20H. The van der Waals surface area contributed by atoms with Crippen LogP contribution in [0.1, 0.15) is 0 Å². The Kier molecular flexibility index (Phi) is 3.54. The number of nitrogens with zero attached hydrogens (tertiary/aromatic N) is 1. The second kappa shape index (κ2) is 6.62. The van der Waals surface area contributed by atoms with Crippen molar-refractivity contribution in [1.82, 2.24) is 0 Å². The van der Waals surface area contributed by atoms with Gasteiger partial charge in [-0.25, -0.2) is 0 Å². The second-order valence-corrected chi connectivity index (χ2v) is 9.32. The minimum Gasteiger partial charge on any atom is -0.310 e. The molecule has 1 nitrogen and oxygen atoms in total. The van der Waals surface area contributed by atoms with E-state index in [2.05, 4.69) is 126 Å². The van der Waals surface area contributed by atoms with Crippen LogP contribution < -0.4 is 21.3 Å². The maximum Gasteiger partial charge on any atom is 0.248 e. The molecule has 0 N–H and O–H groups in total. The van der Waals surface area contributed by atoms with Crippen LogP contribution in [0.3, 0.4) is 0 Å². The van der Waals surface area contributed by atoms with E-state index in [0.29, 0.717) is 0 Å². The van der Waals surface area contributed by atoms with Crippen LogP contribution in [-0.2, 0) is 0 Å². The van der Waals surface area contributed by atoms with Gasteiger partial charge in [0.15, 0.2) is 0 Å². The van der Waals surface area contributed by atoms with Crippen molar-refractivity contribution in [1.29, 1.82) is 0 Å². The van der Waals surface area contributed by atoms with E-state index >= 15 is 0 Å². The smallest absolute Gasteiger partial charge is 0.248 e. The van der Waals surface area contributed by atoms with Gasteiger partial charge in [0.1, 0.15) is 0 Å². The summed E-state index contributed by atoms with van der Waals surface area (Å²) in [4.78, 5) is 2.53. The molecule has 0 fully saturated rings. The molecule has 34 heavy (non-hydrogen) atoms. The van der Waals surface area contributed by atoms with Crippen LogP contribution in [-0.4, -0.2) is 6.71 Å². The molecular weight excluding hydrogens is 409 g/mol. The van der Waals surface area contributed by atoms with Crippen molar-refractivity contribution in [3.63, 3.8) is 0 Å². The lowest BCUT2D eigenvalue weighted by molar-refractivity contribution is 1.32. The van der Waals surface area contributed by atoms with Gasteiger partial charge in [-0.15, -0.1) is 0 Å². The van der Waals surface area contributed by atoms with E-state index in [1.54, 1.807) is 0 Å². The molecule has 0 spiro atoms. The maximum absolute atomic E-state index is 2.53. The lowest BCUT2D eigenvalue weighted by Crippen LogP contribution is -2.54. The number of benzene rings is 6. The Labute approximate surface area is 199 Å². The van der Waals surface area contributed by atoms with Crippen LogP contribution in [0.25, 0.3) is 32.7 Å². The van der Waals surface area contributed by atoms with Crippen molar-refractivity contribution in [2.75, 3.05) is 4.90 Å². The number of hydrogen-bond acceptors (Lipinski definition) is 1. The van der Waals surface area contributed by atoms with Gasteiger partial charge in [-0.3, -0.25) is 0 Å². The molecule has 0 saturated carbocycles. The van der Waals surface area contributed by atoms with Crippen molar-refractivity contribution in [3.05, 3.63) is 121 Å². The number of para-hydroxylation sites is 1. The lowest BCUT2D eigenvalue weighted by Gasteiger charge is -2.37. The van der Waals surface area contributed by atoms with Crippen LogP contribution in [0, 0.1) is 0 Å². The molecule has 0 amide bonds. The van der Waals surface area contributed by atoms with Crippen molar-refractivity contribution < 1.29 is 0 Å². The van der Waals surface area contributed by atoms with Crippen molar-refractivity contribution in [3.8, 4) is 11.1 Å². The van der Waals surface area contributed by atoms with Crippen LogP contribution in [0.2, 0.25) is 0 Å². The first-order valence-corrected chi connectivity index (χ1v) is 11.9. The first kappa shape index (κ1) is 18.2. The highest BCUT2D eigenvalue weighted by Gasteiger charge is 2.42. The molecule has 0 unspecified atom stereocenters. The maximum atomic E-state index is 2.53. The first-order valence-electron chi connectivity index (χ1n) is 11.9. The predicted octanol–water partition coefficient (Wildman–Crippen LogP) is 6.27. The number of hydrogen-bond donors (Lipinski definition) is 0. The van der Waals surface area contributed by atoms with Gasteiger partial charge in [0.2, 0.25) is 6.71 Å². The van der Waals surface area contributed by atoms with Gasteiger partial charge in [0.05, 0.1) is 5.69 Å². The Morgan fingerprint density at radius 1 is 0.471 bits per heavy atom. The van der Waals surface area contributed by atoms with E-state index in [-0.39, 0.29) is 6.71 Å². The topological polar surface area (TPSA) is 3.24 Å². The first-order chi connectivity index (χ1) is 16.9. The van der Waals surface area contributed by atoms with Gasteiger partial charge < -0.3 is 4.90 Å². The molecule has 0 atom stereocenters. The van der Waals surface area contributed by atoms with Crippen LogP contribution >= 0.6 is 0 Å². The highest BCUT2D eigenvalue weighted by atomic mass is 15.2. The average molecular weight is 429 g/mol. The molecule has 0 aliphatic carbocycles. The third kappa shape index (κ3) is 2.25. The van der Waals surface area contributed by atoms with Gasteiger partial charge in [0, 0.05) is 22.1 Å². The third-order valence-electron chi connectivity index (χ3n) is 7.63. The van der Waals surface area contributed by atoms with Gasteiger partial charge in [0.25, 0.3) is 0 Å². The Bertz CT molecular complexity index is 1730. The number of rotatable bonds is 1. The van der Waals surface area contributed by atoms with Crippen LogP contribution in [0.5, 0.6) is 0 Å². The Balaban J connectivity index is 1.55. The van der Waals surface area contributed by atoms with Crippen molar-refractivity contribution in [2.45, 2.75) is 0 Å². The highest BCUT2D eigenvalue weighted by molar-refractivity contribution is 7.01. The van der Waals surface area contributed by atoms with E-state index in [1.165, 1.54) is 66.1 Å². The molecule has 2 aliphatic rings. The third-order valence-corrected chi connectivity index (χ3v) is 7.63. The van der Waals surface area contributed by atoms with E-state index in [9.17, 15) is 0 Å². The van der Waals surface area contributed by atoms with E-state index in [0.717, 1.165) is 0 Å². The molecule has 2 heteroatoms. The highest BCUT2D eigenvalue weighted by Crippen LogP contribution is 2.45. The summed E-state index contributed by atoms with van der Waals surface area (Å²) in [5.74, 6) is 0. The lowest BCUT2D eigenvalue weighted by atomic mass is 9.37. The fourth-order valence-electron chi connectivity index (χ4n) is 6.30. The van der Waals surface area contributed by atoms with Crippen LogP contribution in [0.4, 0.5) is 17.1 Å². The second-order valence-electron chi connectivity index (χ2n) is 9.32. The summed E-state index contributed by atoms with van der Waals surface area (Å²) < 4.78 is 0. The molecule has 6 aromatic carbocycles. The van der Waals surface area contributed by atoms with Gasteiger partial charge in [-0.05, 0) is 51.0 Å². The SMILES string of the molecule is c1ccc2c(c1)B1c3ccccc3N(c3c4ccccc4cc4ccccc34)c3cccc-2c31. The van der Waals surface area contributed by atoms with Crippen molar-refractivity contribution in [2.24, 2.45) is 0 Å². The summed E-state index contributed by atoms with van der Waals surface area (Å²) in [5, 5.41) is 5.10. The average Bonchev–Trinajstić information content (AvgIpc) is 3.24. The molecule has 2 aliphatic heterocycles. The zero-order valence-corrected chi connectivity index (χ0v) is 18.6. The zero-order valence-electron chi connectivity index (χ0n) is 18.6. The Morgan fingerprint density at radius 3 is 1.85 bits per heavy atom. The molecule has 6 aromatic rings. The monoisotopic (exact) mass is 429 g/mol. The molecule has 0 radical (unpaired) electrons. The largest absolute Gasteiger partial charge is 0.310 e. The van der Waals surface area contributed by atoms with Gasteiger partial charge in [-0.2, -0.15) is 0 Å². The summed E-state index contributed by atoms with van der Waals surface area (Å²) in [6.45, 7) is 0.274. The molecule has 0 saturated heterocycles. The quantitative estimate of drug-likeness (QED) is 0.220. The fraction of sp³-hybridized carbons (Fsp3) is 0. The van der Waals surface area contributed by atoms with E-state index in [4.69, 9.17) is 0 Å². The van der Waals surface area contributed by atoms with E-state index in [1.807, 2.05) is 0 Å². The van der Waals surface area contributed by atoms with Gasteiger partial charge >= 0.3 is 0 Å². The summed E-state index contributed by atoms with van der Waals surface area (Å²) in [7, 11) is 0. The number of anilines is 3. The number of fused-ring (bicyclic) bond motifs is 7. The summed E-state index contributed by atoms with van der Waals surface area (Å²) >= 11 is 0. The molecule has 0 bridgehead atoms. The zero-order chi connectivity index (χ0) is 22.2. The summed E-state index contributed by atoms with van der Waals surface area (Å²) in [5.41, 5.74) is 10.8. The van der Waals surface area contributed by atoms with Crippen molar-refractivity contribution >= 4 is 61.7 Å². The molecule has 8 rings (SSSR count). The summed E-state index contributed by atoms with van der Waals surface area (Å²) in [6.07, 6.45) is 0. The molecular formula is C32H20BN. The van der Waals surface area contributed by atoms with E-state index < -0.39 is 0 Å². The summed E-state index contributed by atoms with van der Waals surface area (Å²) in [6, 6.07) is 44.6. The molecule has 156 valence electrons. The van der Waals surface area contributed by atoms with Gasteiger partial charge in [-0.1, -0.05) is 109 Å². The molecule has 2 heterocycles.